The van der Waals surface area contributed by atoms with Gasteiger partial charge in [0.05, 0.1) is 5.69 Å². The smallest absolute Gasteiger partial charge is 0.262 e. The summed E-state index contributed by atoms with van der Waals surface area (Å²) in [6, 6.07) is 13.5. The molecule has 0 atom stereocenters. The van der Waals surface area contributed by atoms with Crippen molar-refractivity contribution in [1.29, 1.82) is 5.26 Å². The SMILES string of the molecule is N#C/C(=C/c1csc(-c2ccsc2)n1)C(=O)NCc1ccccc1. The lowest BCUT2D eigenvalue weighted by Crippen LogP contribution is -2.23. The Kier molecular flexibility index (Phi) is 5.16. The van der Waals surface area contributed by atoms with Crippen LogP contribution < -0.4 is 5.32 Å². The third-order valence-electron chi connectivity index (χ3n) is 3.24. The van der Waals surface area contributed by atoms with Gasteiger partial charge in [0.15, 0.2) is 0 Å². The van der Waals surface area contributed by atoms with Crippen LogP contribution >= 0.6 is 22.7 Å². The summed E-state index contributed by atoms with van der Waals surface area (Å²) < 4.78 is 0. The summed E-state index contributed by atoms with van der Waals surface area (Å²) in [5.41, 5.74) is 2.70. The topological polar surface area (TPSA) is 65.8 Å². The van der Waals surface area contributed by atoms with E-state index in [9.17, 15) is 10.1 Å². The molecule has 0 saturated heterocycles. The molecule has 2 aromatic heterocycles. The molecule has 1 amide bonds. The highest BCUT2D eigenvalue weighted by atomic mass is 32.1. The zero-order valence-corrected chi connectivity index (χ0v) is 14.2. The molecular weight excluding hydrogens is 338 g/mol. The lowest BCUT2D eigenvalue weighted by molar-refractivity contribution is -0.117. The van der Waals surface area contributed by atoms with Crippen molar-refractivity contribution in [3.63, 3.8) is 0 Å². The molecule has 3 aromatic rings. The molecule has 3 rings (SSSR count). The van der Waals surface area contributed by atoms with Crippen molar-refractivity contribution in [2.24, 2.45) is 0 Å². The first-order chi connectivity index (χ1) is 11.8. The van der Waals surface area contributed by atoms with E-state index in [-0.39, 0.29) is 5.57 Å². The highest BCUT2D eigenvalue weighted by molar-refractivity contribution is 7.14. The van der Waals surface area contributed by atoms with E-state index in [1.807, 2.05) is 58.6 Å². The second-order valence-electron chi connectivity index (χ2n) is 4.93. The first-order valence-electron chi connectivity index (χ1n) is 7.18. The van der Waals surface area contributed by atoms with Gasteiger partial charge in [0.25, 0.3) is 5.91 Å². The second kappa shape index (κ2) is 7.68. The van der Waals surface area contributed by atoms with Crippen molar-refractivity contribution in [2.45, 2.75) is 6.54 Å². The van der Waals surface area contributed by atoms with Gasteiger partial charge in [-0.1, -0.05) is 30.3 Å². The minimum atomic E-state index is -0.397. The molecule has 0 saturated carbocycles. The van der Waals surface area contributed by atoms with Gasteiger partial charge < -0.3 is 5.32 Å². The Balaban J connectivity index is 1.70. The van der Waals surface area contributed by atoms with Crippen LogP contribution in [0.1, 0.15) is 11.3 Å². The highest BCUT2D eigenvalue weighted by Gasteiger charge is 2.10. The third kappa shape index (κ3) is 3.96. The number of rotatable bonds is 5. The molecule has 0 aliphatic heterocycles. The van der Waals surface area contributed by atoms with Crippen molar-refractivity contribution in [3.05, 3.63) is 69.4 Å². The Hall–Kier alpha value is -2.75. The Morgan fingerprint density at radius 1 is 1.25 bits per heavy atom. The van der Waals surface area contributed by atoms with E-state index >= 15 is 0 Å². The molecule has 0 spiro atoms. The minimum Gasteiger partial charge on any atom is -0.347 e. The molecule has 118 valence electrons. The fourth-order valence-corrected chi connectivity index (χ4v) is 3.53. The molecule has 2 heterocycles. The molecule has 1 aromatic carbocycles. The van der Waals surface area contributed by atoms with Crippen LogP contribution in [-0.4, -0.2) is 10.9 Å². The normalized spacial score (nSPS) is 11.0. The molecule has 0 aliphatic rings. The van der Waals surface area contributed by atoms with Gasteiger partial charge in [0.2, 0.25) is 0 Å². The number of nitriles is 1. The predicted octanol–water partition coefficient (Wildman–Crippen LogP) is 4.09. The van der Waals surface area contributed by atoms with Crippen LogP contribution in [0.3, 0.4) is 0 Å². The number of nitrogens with zero attached hydrogens (tertiary/aromatic N) is 2. The van der Waals surface area contributed by atoms with Crippen molar-refractivity contribution in [3.8, 4) is 16.6 Å². The fourth-order valence-electron chi connectivity index (χ4n) is 2.04. The number of benzene rings is 1. The molecule has 4 nitrogen and oxygen atoms in total. The van der Waals surface area contributed by atoms with E-state index in [1.54, 1.807) is 11.3 Å². The lowest BCUT2D eigenvalue weighted by Gasteiger charge is -2.03. The molecule has 6 heteroatoms. The number of amides is 1. The number of hydrogen-bond donors (Lipinski definition) is 1. The predicted molar refractivity (Wildman–Crippen MR) is 97.3 cm³/mol. The molecule has 0 unspecified atom stereocenters. The van der Waals surface area contributed by atoms with Gasteiger partial charge in [0, 0.05) is 22.9 Å². The van der Waals surface area contributed by atoms with E-state index in [1.165, 1.54) is 17.4 Å². The van der Waals surface area contributed by atoms with Crippen molar-refractivity contribution in [2.75, 3.05) is 0 Å². The zero-order valence-electron chi connectivity index (χ0n) is 12.6. The van der Waals surface area contributed by atoms with Crippen LogP contribution in [0.25, 0.3) is 16.6 Å². The summed E-state index contributed by atoms with van der Waals surface area (Å²) >= 11 is 3.10. The van der Waals surface area contributed by atoms with Crippen LogP contribution in [0, 0.1) is 11.3 Å². The largest absolute Gasteiger partial charge is 0.347 e. The van der Waals surface area contributed by atoms with Crippen LogP contribution in [0.5, 0.6) is 0 Å². The average Bonchev–Trinajstić information content (AvgIpc) is 3.29. The number of aromatic nitrogens is 1. The summed E-state index contributed by atoms with van der Waals surface area (Å²) in [7, 11) is 0. The molecule has 0 aliphatic carbocycles. The summed E-state index contributed by atoms with van der Waals surface area (Å²) in [4.78, 5) is 16.6. The van der Waals surface area contributed by atoms with Crippen molar-refractivity contribution in [1.82, 2.24) is 10.3 Å². The van der Waals surface area contributed by atoms with E-state index in [0.717, 1.165) is 16.1 Å². The van der Waals surface area contributed by atoms with Gasteiger partial charge in [-0.25, -0.2) is 4.98 Å². The first kappa shape index (κ1) is 16.1. The highest BCUT2D eigenvalue weighted by Crippen LogP contribution is 2.26. The van der Waals surface area contributed by atoms with Gasteiger partial charge in [-0.05, 0) is 23.1 Å². The number of thiophene rings is 1. The maximum absolute atomic E-state index is 12.2. The molecule has 0 fully saturated rings. The number of hydrogen-bond acceptors (Lipinski definition) is 5. The van der Waals surface area contributed by atoms with E-state index in [2.05, 4.69) is 10.3 Å². The molecule has 0 radical (unpaired) electrons. The Morgan fingerprint density at radius 2 is 2.08 bits per heavy atom. The second-order valence-corrected chi connectivity index (χ2v) is 6.57. The molecule has 24 heavy (non-hydrogen) atoms. The summed E-state index contributed by atoms with van der Waals surface area (Å²) in [6.07, 6.45) is 1.52. The number of carbonyl (C=O) groups excluding carboxylic acids is 1. The fraction of sp³-hybridized carbons (Fsp3) is 0.0556. The van der Waals surface area contributed by atoms with Gasteiger partial charge in [-0.2, -0.15) is 16.6 Å². The first-order valence-corrected chi connectivity index (χ1v) is 9.00. The Bertz CT molecular complexity index is 890. The van der Waals surface area contributed by atoms with Crippen LogP contribution in [-0.2, 0) is 11.3 Å². The lowest BCUT2D eigenvalue weighted by atomic mass is 10.2. The Morgan fingerprint density at radius 3 is 2.79 bits per heavy atom. The summed E-state index contributed by atoms with van der Waals surface area (Å²) in [5, 5.41) is 18.7. The number of thiazole rings is 1. The van der Waals surface area contributed by atoms with Crippen LogP contribution in [0.4, 0.5) is 0 Å². The van der Waals surface area contributed by atoms with E-state index in [4.69, 9.17) is 0 Å². The quantitative estimate of drug-likeness (QED) is 0.556. The average molecular weight is 351 g/mol. The van der Waals surface area contributed by atoms with Crippen LogP contribution in [0.15, 0.2) is 58.1 Å². The maximum Gasteiger partial charge on any atom is 0.262 e. The van der Waals surface area contributed by atoms with E-state index < -0.39 is 5.91 Å². The summed E-state index contributed by atoms with van der Waals surface area (Å²) in [6.45, 7) is 0.385. The van der Waals surface area contributed by atoms with Gasteiger partial charge in [-0.3, -0.25) is 4.79 Å². The van der Waals surface area contributed by atoms with E-state index in [0.29, 0.717) is 12.2 Å². The van der Waals surface area contributed by atoms with Crippen molar-refractivity contribution < 1.29 is 4.79 Å². The van der Waals surface area contributed by atoms with Gasteiger partial charge in [-0.15, -0.1) is 11.3 Å². The zero-order chi connectivity index (χ0) is 16.8. The minimum absolute atomic E-state index is 0.0492. The standard InChI is InChI=1S/C18H13N3OS2/c19-9-15(17(22)20-10-13-4-2-1-3-5-13)8-16-12-24-18(21-16)14-6-7-23-11-14/h1-8,11-12H,10H2,(H,20,22)/b15-8-. The van der Waals surface area contributed by atoms with Gasteiger partial charge in [0.1, 0.15) is 16.6 Å². The van der Waals surface area contributed by atoms with Crippen LogP contribution in [0.2, 0.25) is 0 Å². The number of carbonyl (C=O) groups is 1. The summed E-state index contributed by atoms with van der Waals surface area (Å²) in [5.74, 6) is -0.397. The maximum atomic E-state index is 12.2. The Labute approximate surface area is 147 Å². The van der Waals surface area contributed by atoms with Gasteiger partial charge >= 0.3 is 0 Å². The van der Waals surface area contributed by atoms with Crippen molar-refractivity contribution >= 4 is 34.7 Å². The molecule has 0 bridgehead atoms. The monoisotopic (exact) mass is 351 g/mol. The third-order valence-corrected chi connectivity index (χ3v) is 4.84. The molecule has 1 N–H and O–H groups in total. The molecular formula is C18H13N3OS2. The number of nitrogens with one attached hydrogen (secondary N) is 1.